The Morgan fingerprint density at radius 1 is 1.28 bits per heavy atom. The van der Waals surface area contributed by atoms with Crippen molar-refractivity contribution in [2.45, 2.75) is 39.0 Å². The molecule has 0 radical (unpaired) electrons. The van der Waals surface area contributed by atoms with Crippen LogP contribution in [0.5, 0.6) is 0 Å². The van der Waals surface area contributed by atoms with Crippen LogP contribution in [0.25, 0.3) is 0 Å². The second-order valence-corrected chi connectivity index (χ2v) is 4.00. The minimum atomic E-state index is -4.35. The first-order valence-electron chi connectivity index (χ1n) is 5.71. The zero-order valence-corrected chi connectivity index (χ0v) is 10.3. The van der Waals surface area contributed by atoms with E-state index in [4.69, 9.17) is 4.74 Å². The summed E-state index contributed by atoms with van der Waals surface area (Å²) in [7, 11) is 0. The fraction of sp³-hybridized carbons (Fsp3) is 0.462. The van der Waals surface area contributed by atoms with Gasteiger partial charge in [-0.1, -0.05) is 19.1 Å². The van der Waals surface area contributed by atoms with Gasteiger partial charge in [-0.05, 0) is 31.0 Å². The Balaban J connectivity index is 2.70. The van der Waals surface area contributed by atoms with Crippen LogP contribution in [-0.2, 0) is 15.7 Å². The van der Waals surface area contributed by atoms with E-state index in [2.05, 4.69) is 0 Å². The lowest BCUT2D eigenvalue weighted by atomic mass is 10.1. The third-order valence-corrected chi connectivity index (χ3v) is 2.47. The summed E-state index contributed by atoms with van der Waals surface area (Å²) in [6.45, 7) is 3.49. The molecule has 18 heavy (non-hydrogen) atoms. The standard InChI is InChI=1S/C13H15F3O2/c1-3-4-12(17)18-9(2)10-5-7-11(8-6-10)13(14,15)16/h5-9H,3-4H2,1-2H3/t9-/m1/s1. The van der Waals surface area contributed by atoms with Crippen molar-refractivity contribution in [2.24, 2.45) is 0 Å². The van der Waals surface area contributed by atoms with E-state index in [-0.39, 0.29) is 5.97 Å². The molecule has 0 unspecified atom stereocenters. The van der Waals surface area contributed by atoms with E-state index in [1.807, 2.05) is 6.92 Å². The average Bonchev–Trinajstić information content (AvgIpc) is 2.28. The molecule has 0 aliphatic rings. The molecule has 1 atom stereocenters. The Labute approximate surface area is 104 Å². The van der Waals surface area contributed by atoms with Gasteiger partial charge < -0.3 is 4.74 Å². The molecule has 0 aliphatic carbocycles. The summed E-state index contributed by atoms with van der Waals surface area (Å²) in [5.74, 6) is -0.343. The first-order chi connectivity index (χ1) is 8.34. The number of halogens is 3. The van der Waals surface area contributed by atoms with Gasteiger partial charge in [0.15, 0.2) is 0 Å². The lowest BCUT2D eigenvalue weighted by Crippen LogP contribution is -2.09. The monoisotopic (exact) mass is 260 g/mol. The van der Waals surface area contributed by atoms with Crippen LogP contribution in [0.15, 0.2) is 24.3 Å². The van der Waals surface area contributed by atoms with Gasteiger partial charge in [0.1, 0.15) is 6.10 Å². The zero-order chi connectivity index (χ0) is 13.8. The van der Waals surface area contributed by atoms with Gasteiger partial charge in [-0.15, -0.1) is 0 Å². The minimum absolute atomic E-state index is 0.310. The number of esters is 1. The third-order valence-electron chi connectivity index (χ3n) is 2.47. The number of carbonyl (C=O) groups excluding carboxylic acids is 1. The summed E-state index contributed by atoms with van der Waals surface area (Å²) in [5.41, 5.74) is -0.161. The molecule has 0 saturated heterocycles. The van der Waals surface area contributed by atoms with Crippen LogP contribution in [-0.4, -0.2) is 5.97 Å². The summed E-state index contributed by atoms with van der Waals surface area (Å²) in [6, 6.07) is 4.62. The van der Waals surface area contributed by atoms with E-state index < -0.39 is 17.8 Å². The predicted octanol–water partition coefficient (Wildman–Crippen LogP) is 4.11. The van der Waals surface area contributed by atoms with E-state index in [9.17, 15) is 18.0 Å². The predicted molar refractivity (Wildman–Crippen MR) is 60.9 cm³/mol. The summed E-state index contributed by atoms with van der Waals surface area (Å²) >= 11 is 0. The quantitative estimate of drug-likeness (QED) is 0.761. The van der Waals surface area contributed by atoms with E-state index in [1.165, 1.54) is 12.1 Å². The normalized spacial score (nSPS) is 13.2. The van der Waals surface area contributed by atoms with Gasteiger partial charge in [0, 0.05) is 6.42 Å². The summed E-state index contributed by atoms with van der Waals surface area (Å²) in [4.78, 5) is 11.3. The lowest BCUT2D eigenvalue weighted by Gasteiger charge is -2.14. The number of rotatable bonds is 4. The van der Waals surface area contributed by atoms with Gasteiger partial charge in [0.25, 0.3) is 0 Å². The van der Waals surface area contributed by atoms with Gasteiger partial charge in [0.05, 0.1) is 5.56 Å². The minimum Gasteiger partial charge on any atom is -0.458 e. The smallest absolute Gasteiger partial charge is 0.416 e. The van der Waals surface area contributed by atoms with E-state index in [1.54, 1.807) is 6.92 Å². The van der Waals surface area contributed by atoms with Crippen molar-refractivity contribution in [3.63, 3.8) is 0 Å². The van der Waals surface area contributed by atoms with Crippen molar-refractivity contribution in [3.05, 3.63) is 35.4 Å². The second kappa shape index (κ2) is 5.89. The van der Waals surface area contributed by atoms with Gasteiger partial charge in [-0.2, -0.15) is 13.2 Å². The summed E-state index contributed by atoms with van der Waals surface area (Å²) in [5, 5.41) is 0. The summed E-state index contributed by atoms with van der Waals surface area (Å²) < 4.78 is 42.1. The van der Waals surface area contributed by atoms with E-state index in [0.29, 0.717) is 18.4 Å². The maximum atomic E-state index is 12.3. The maximum absolute atomic E-state index is 12.3. The number of ether oxygens (including phenoxy) is 1. The largest absolute Gasteiger partial charge is 0.458 e. The SMILES string of the molecule is CCCC(=O)O[C@H](C)c1ccc(C(F)(F)F)cc1. The molecular weight excluding hydrogens is 245 g/mol. The van der Waals surface area contributed by atoms with Crippen molar-refractivity contribution in [1.29, 1.82) is 0 Å². The van der Waals surface area contributed by atoms with Crippen LogP contribution in [0.4, 0.5) is 13.2 Å². The molecular formula is C13H15F3O2. The molecule has 100 valence electrons. The van der Waals surface area contributed by atoms with E-state index in [0.717, 1.165) is 12.1 Å². The molecule has 2 nitrogen and oxygen atoms in total. The van der Waals surface area contributed by atoms with Crippen molar-refractivity contribution in [3.8, 4) is 0 Å². The molecule has 0 amide bonds. The molecule has 0 N–H and O–H groups in total. The fourth-order valence-electron chi connectivity index (χ4n) is 1.47. The molecule has 1 aromatic carbocycles. The highest BCUT2D eigenvalue weighted by Gasteiger charge is 2.30. The van der Waals surface area contributed by atoms with Crippen molar-refractivity contribution in [2.75, 3.05) is 0 Å². The number of carbonyl (C=O) groups is 1. The molecule has 5 heteroatoms. The lowest BCUT2D eigenvalue weighted by molar-refractivity contribution is -0.148. The highest BCUT2D eigenvalue weighted by Crippen LogP contribution is 2.30. The van der Waals surface area contributed by atoms with Crippen LogP contribution < -0.4 is 0 Å². The first-order valence-corrected chi connectivity index (χ1v) is 5.71. The Morgan fingerprint density at radius 2 is 1.83 bits per heavy atom. The van der Waals surface area contributed by atoms with Gasteiger partial charge in [-0.3, -0.25) is 4.79 Å². The molecule has 1 aromatic rings. The zero-order valence-electron chi connectivity index (χ0n) is 10.3. The van der Waals surface area contributed by atoms with Crippen molar-refractivity contribution >= 4 is 5.97 Å². The number of hydrogen-bond donors (Lipinski definition) is 0. The third kappa shape index (κ3) is 4.05. The topological polar surface area (TPSA) is 26.3 Å². The van der Waals surface area contributed by atoms with Crippen molar-refractivity contribution in [1.82, 2.24) is 0 Å². The second-order valence-electron chi connectivity index (χ2n) is 4.00. The number of benzene rings is 1. The number of alkyl halides is 3. The maximum Gasteiger partial charge on any atom is 0.416 e. The van der Waals surface area contributed by atoms with Crippen LogP contribution in [0.2, 0.25) is 0 Å². The van der Waals surface area contributed by atoms with Crippen LogP contribution in [0, 0.1) is 0 Å². The Kier molecular flexibility index (Phi) is 4.76. The van der Waals surface area contributed by atoms with Gasteiger partial charge in [0.2, 0.25) is 0 Å². The number of hydrogen-bond acceptors (Lipinski definition) is 2. The van der Waals surface area contributed by atoms with Crippen molar-refractivity contribution < 1.29 is 22.7 Å². The molecule has 1 rings (SSSR count). The van der Waals surface area contributed by atoms with Gasteiger partial charge >= 0.3 is 12.1 Å². The molecule has 0 fully saturated rings. The first kappa shape index (κ1) is 14.5. The highest BCUT2D eigenvalue weighted by atomic mass is 19.4. The molecule has 0 aliphatic heterocycles. The van der Waals surface area contributed by atoms with Crippen LogP contribution >= 0.6 is 0 Å². The Bertz CT molecular complexity index is 396. The molecule has 0 aromatic heterocycles. The Morgan fingerprint density at radius 3 is 2.28 bits per heavy atom. The van der Waals surface area contributed by atoms with Crippen LogP contribution in [0.3, 0.4) is 0 Å². The Hall–Kier alpha value is -1.52. The fourth-order valence-corrected chi connectivity index (χ4v) is 1.47. The molecule has 0 heterocycles. The molecule has 0 spiro atoms. The summed E-state index contributed by atoms with van der Waals surface area (Å²) in [6.07, 6.45) is -3.89. The molecule has 0 bridgehead atoms. The van der Waals surface area contributed by atoms with Gasteiger partial charge in [-0.25, -0.2) is 0 Å². The average molecular weight is 260 g/mol. The molecule has 0 saturated carbocycles. The van der Waals surface area contributed by atoms with E-state index >= 15 is 0 Å². The highest BCUT2D eigenvalue weighted by molar-refractivity contribution is 5.69. The van der Waals surface area contributed by atoms with Crippen LogP contribution in [0.1, 0.15) is 43.9 Å².